The summed E-state index contributed by atoms with van der Waals surface area (Å²) in [5, 5.41) is 3.97. The Morgan fingerprint density at radius 1 is 1.44 bits per heavy atom. The summed E-state index contributed by atoms with van der Waals surface area (Å²) in [6.07, 6.45) is 5.03. The summed E-state index contributed by atoms with van der Waals surface area (Å²) in [7, 11) is 0. The summed E-state index contributed by atoms with van der Waals surface area (Å²) in [5.74, 6) is 0.523. The van der Waals surface area contributed by atoms with E-state index in [4.69, 9.17) is 0 Å². The number of carbonyl (C=O) groups is 1. The van der Waals surface area contributed by atoms with E-state index in [1.165, 1.54) is 0 Å². The van der Waals surface area contributed by atoms with Crippen molar-refractivity contribution in [2.45, 2.75) is 33.1 Å². The summed E-state index contributed by atoms with van der Waals surface area (Å²) in [5.41, 5.74) is 1.56. The molecule has 0 aliphatic rings. The van der Waals surface area contributed by atoms with Gasteiger partial charge in [-0.05, 0) is 37.8 Å². The van der Waals surface area contributed by atoms with E-state index in [0.717, 1.165) is 36.8 Å². The maximum Gasteiger partial charge on any atom is 0.252 e. The van der Waals surface area contributed by atoms with E-state index in [9.17, 15) is 4.79 Å². The van der Waals surface area contributed by atoms with Gasteiger partial charge < -0.3 is 5.32 Å². The number of halogens is 1. The van der Waals surface area contributed by atoms with Gasteiger partial charge in [0.05, 0.1) is 5.56 Å². The normalized spacial score (nSPS) is 12.2. The zero-order valence-electron chi connectivity index (χ0n) is 11.1. The molecule has 0 bridgehead atoms. The molecule has 0 aliphatic carbocycles. The molecule has 0 aliphatic heterocycles. The first-order valence-electron chi connectivity index (χ1n) is 6.44. The van der Waals surface area contributed by atoms with Crippen molar-refractivity contribution in [2.24, 2.45) is 5.92 Å². The molecule has 1 N–H and O–H groups in total. The van der Waals surface area contributed by atoms with Gasteiger partial charge >= 0.3 is 0 Å². The molecule has 4 heteroatoms. The highest BCUT2D eigenvalue weighted by Gasteiger charge is 2.10. The molecule has 0 radical (unpaired) electrons. The number of nitrogens with one attached hydrogen (secondary N) is 1. The van der Waals surface area contributed by atoms with Gasteiger partial charge in [0.2, 0.25) is 0 Å². The lowest BCUT2D eigenvalue weighted by Gasteiger charge is -2.15. The van der Waals surface area contributed by atoms with Crippen molar-refractivity contribution >= 4 is 21.8 Å². The Kier molecular flexibility index (Phi) is 6.94. The average Bonchev–Trinajstić information content (AvgIpc) is 2.37. The second kappa shape index (κ2) is 8.25. The van der Waals surface area contributed by atoms with Crippen LogP contribution in [0.2, 0.25) is 0 Å². The highest BCUT2D eigenvalue weighted by atomic mass is 79.9. The molecule has 1 unspecified atom stereocenters. The van der Waals surface area contributed by atoms with E-state index in [0.29, 0.717) is 11.5 Å². The maximum atomic E-state index is 11.9. The third-order valence-electron chi connectivity index (χ3n) is 2.94. The van der Waals surface area contributed by atoms with Crippen LogP contribution >= 0.6 is 15.9 Å². The van der Waals surface area contributed by atoms with Crippen LogP contribution in [0.3, 0.4) is 0 Å². The lowest BCUT2D eigenvalue weighted by molar-refractivity contribution is 0.0945. The first-order valence-corrected chi connectivity index (χ1v) is 7.56. The lowest BCUT2D eigenvalue weighted by Crippen LogP contribution is -2.29. The lowest BCUT2D eigenvalue weighted by atomic mass is 10.0. The van der Waals surface area contributed by atoms with Gasteiger partial charge in [0.25, 0.3) is 5.91 Å². The van der Waals surface area contributed by atoms with E-state index >= 15 is 0 Å². The Morgan fingerprint density at radius 2 is 2.22 bits per heavy atom. The van der Waals surface area contributed by atoms with Crippen LogP contribution in [0.5, 0.6) is 0 Å². The quantitative estimate of drug-likeness (QED) is 0.785. The van der Waals surface area contributed by atoms with Crippen molar-refractivity contribution < 1.29 is 4.79 Å². The second-order valence-corrected chi connectivity index (χ2v) is 5.32. The zero-order valence-corrected chi connectivity index (χ0v) is 12.7. The molecule has 1 amide bonds. The third-order valence-corrected chi connectivity index (χ3v) is 3.40. The first kappa shape index (κ1) is 15.2. The number of hydrogen-bond acceptors (Lipinski definition) is 2. The van der Waals surface area contributed by atoms with Gasteiger partial charge in [0.15, 0.2) is 0 Å². The molecule has 0 fully saturated rings. The largest absolute Gasteiger partial charge is 0.352 e. The third kappa shape index (κ3) is 5.17. The van der Waals surface area contributed by atoms with Crippen molar-refractivity contribution in [3.63, 3.8) is 0 Å². The summed E-state index contributed by atoms with van der Waals surface area (Å²) in [6, 6.07) is 3.67. The van der Waals surface area contributed by atoms with Crippen LogP contribution in [-0.2, 0) is 0 Å². The molecule has 3 nitrogen and oxygen atoms in total. The van der Waals surface area contributed by atoms with Crippen LogP contribution in [0, 0.1) is 12.8 Å². The smallest absolute Gasteiger partial charge is 0.252 e. The van der Waals surface area contributed by atoms with Gasteiger partial charge in [-0.1, -0.05) is 29.3 Å². The van der Waals surface area contributed by atoms with Gasteiger partial charge in [-0.15, -0.1) is 0 Å². The number of aryl methyl sites for hydroxylation is 1. The summed E-state index contributed by atoms with van der Waals surface area (Å²) < 4.78 is 0. The van der Waals surface area contributed by atoms with Crippen molar-refractivity contribution in [1.29, 1.82) is 0 Å². The Bertz CT molecular complexity index is 359. The molecule has 0 saturated carbocycles. The number of hydrogen-bond donors (Lipinski definition) is 1. The first-order chi connectivity index (χ1) is 8.67. The minimum Gasteiger partial charge on any atom is -0.352 e. The molecule has 1 atom stereocenters. The van der Waals surface area contributed by atoms with Gasteiger partial charge in [-0.25, -0.2) is 0 Å². The summed E-state index contributed by atoms with van der Waals surface area (Å²) in [4.78, 5) is 16.0. The van der Waals surface area contributed by atoms with Gasteiger partial charge in [-0.3, -0.25) is 9.78 Å². The minimum atomic E-state index is -0.0295. The standard InChI is InChI=1S/C14H21BrN2O/c1-3-4-12(7-8-15)9-17-14(18)13-6-5-11(2)16-10-13/h5-6,10,12H,3-4,7-9H2,1-2H3,(H,17,18). The molecule has 1 aromatic heterocycles. The molecule has 100 valence electrons. The van der Waals surface area contributed by atoms with Crippen molar-refractivity contribution in [3.05, 3.63) is 29.6 Å². The minimum absolute atomic E-state index is 0.0295. The van der Waals surface area contributed by atoms with Crippen molar-refractivity contribution in [3.8, 4) is 0 Å². The Hall–Kier alpha value is -0.900. The maximum absolute atomic E-state index is 11.9. The van der Waals surface area contributed by atoms with Gasteiger partial charge in [0, 0.05) is 23.8 Å². The van der Waals surface area contributed by atoms with E-state index in [-0.39, 0.29) is 5.91 Å². The monoisotopic (exact) mass is 312 g/mol. The Labute approximate surface area is 118 Å². The van der Waals surface area contributed by atoms with Gasteiger partial charge in [-0.2, -0.15) is 0 Å². The highest BCUT2D eigenvalue weighted by Crippen LogP contribution is 2.12. The Balaban J connectivity index is 2.46. The molecule has 1 heterocycles. The Morgan fingerprint density at radius 3 is 2.78 bits per heavy atom. The van der Waals surface area contributed by atoms with E-state index in [1.54, 1.807) is 6.20 Å². The van der Waals surface area contributed by atoms with Crippen molar-refractivity contribution in [1.82, 2.24) is 10.3 Å². The number of aromatic nitrogens is 1. The molecular weight excluding hydrogens is 292 g/mol. The topological polar surface area (TPSA) is 42.0 Å². The molecule has 0 saturated heterocycles. The number of carbonyl (C=O) groups excluding carboxylic acids is 1. The molecule has 0 aromatic carbocycles. The van der Waals surface area contributed by atoms with Crippen LogP contribution in [0.15, 0.2) is 18.3 Å². The number of nitrogens with zero attached hydrogens (tertiary/aromatic N) is 1. The number of alkyl halides is 1. The zero-order chi connectivity index (χ0) is 13.4. The molecule has 18 heavy (non-hydrogen) atoms. The fourth-order valence-corrected chi connectivity index (χ4v) is 2.50. The number of amides is 1. The van der Waals surface area contributed by atoms with E-state index in [2.05, 4.69) is 33.2 Å². The SMILES string of the molecule is CCCC(CCBr)CNC(=O)c1ccc(C)nc1. The molecule has 0 spiro atoms. The fraction of sp³-hybridized carbons (Fsp3) is 0.571. The fourth-order valence-electron chi connectivity index (χ4n) is 1.85. The van der Waals surface area contributed by atoms with Crippen LogP contribution in [0.1, 0.15) is 42.2 Å². The van der Waals surface area contributed by atoms with Gasteiger partial charge in [0.1, 0.15) is 0 Å². The van der Waals surface area contributed by atoms with Crippen LogP contribution in [0.25, 0.3) is 0 Å². The van der Waals surface area contributed by atoms with Crippen molar-refractivity contribution in [2.75, 3.05) is 11.9 Å². The second-order valence-electron chi connectivity index (χ2n) is 4.53. The average molecular weight is 313 g/mol. The number of rotatable bonds is 7. The predicted octanol–water partition coefficient (Wildman–Crippen LogP) is 3.32. The van der Waals surface area contributed by atoms with Crippen LogP contribution in [0.4, 0.5) is 0 Å². The van der Waals surface area contributed by atoms with Crippen LogP contribution < -0.4 is 5.32 Å². The number of pyridine rings is 1. The molecular formula is C14H21BrN2O. The van der Waals surface area contributed by atoms with E-state index < -0.39 is 0 Å². The summed E-state index contributed by atoms with van der Waals surface area (Å²) >= 11 is 3.46. The van der Waals surface area contributed by atoms with Crippen LogP contribution in [-0.4, -0.2) is 22.8 Å². The van der Waals surface area contributed by atoms with E-state index in [1.807, 2.05) is 19.1 Å². The summed E-state index contributed by atoms with van der Waals surface area (Å²) in [6.45, 7) is 4.83. The molecule has 1 aromatic rings. The highest BCUT2D eigenvalue weighted by molar-refractivity contribution is 9.09. The predicted molar refractivity (Wildman–Crippen MR) is 78.1 cm³/mol. The molecule has 1 rings (SSSR count).